The van der Waals surface area contributed by atoms with Crippen LogP contribution in [0.4, 0.5) is 0 Å². The summed E-state index contributed by atoms with van der Waals surface area (Å²) in [6, 6.07) is 18.1. The lowest BCUT2D eigenvalue weighted by molar-refractivity contribution is 0.644. The quantitative estimate of drug-likeness (QED) is 0.659. The van der Waals surface area contributed by atoms with E-state index in [0.717, 1.165) is 10.6 Å². The molecule has 2 aromatic rings. The Morgan fingerprint density at radius 3 is 2.06 bits per heavy atom. The highest BCUT2D eigenvalue weighted by atomic mass is 31.1. The van der Waals surface area contributed by atoms with Crippen LogP contribution in [0.25, 0.3) is 0 Å². The zero-order valence-corrected chi connectivity index (χ0v) is 11.1. The SMILES string of the molecule is B.CC(C)c1ccccc1P(O)c1ccccc1. The second-order valence-electron chi connectivity index (χ2n) is 4.36. The summed E-state index contributed by atoms with van der Waals surface area (Å²) < 4.78 is 0. The van der Waals surface area contributed by atoms with Gasteiger partial charge in [0, 0.05) is 10.6 Å². The monoisotopic (exact) mass is 258 g/mol. The maximum absolute atomic E-state index is 10.5. The van der Waals surface area contributed by atoms with Gasteiger partial charge in [0.25, 0.3) is 0 Å². The molecule has 2 rings (SSSR count). The third-order valence-electron chi connectivity index (χ3n) is 2.79. The second kappa shape index (κ2) is 6.73. The van der Waals surface area contributed by atoms with Crippen molar-refractivity contribution in [2.75, 3.05) is 0 Å². The van der Waals surface area contributed by atoms with Gasteiger partial charge >= 0.3 is 0 Å². The van der Waals surface area contributed by atoms with Crippen molar-refractivity contribution in [2.24, 2.45) is 0 Å². The lowest BCUT2D eigenvalue weighted by atomic mass is 10.0. The highest BCUT2D eigenvalue weighted by Gasteiger charge is 2.15. The molecule has 1 atom stereocenters. The third-order valence-corrected chi connectivity index (χ3v) is 4.44. The van der Waals surface area contributed by atoms with Gasteiger partial charge in [-0.25, -0.2) is 0 Å². The average Bonchev–Trinajstić information content (AvgIpc) is 2.39. The van der Waals surface area contributed by atoms with E-state index in [1.54, 1.807) is 0 Å². The fourth-order valence-electron chi connectivity index (χ4n) is 1.88. The van der Waals surface area contributed by atoms with Crippen molar-refractivity contribution >= 4 is 27.2 Å². The normalized spacial score (nSPS) is 12.0. The van der Waals surface area contributed by atoms with Crippen molar-refractivity contribution in [1.82, 2.24) is 0 Å². The molecule has 0 bridgehead atoms. The molecule has 0 aliphatic rings. The molecule has 0 spiro atoms. The number of hydrogen-bond donors (Lipinski definition) is 1. The van der Waals surface area contributed by atoms with Gasteiger partial charge in [0.1, 0.15) is 0 Å². The van der Waals surface area contributed by atoms with Crippen LogP contribution in [-0.2, 0) is 0 Å². The van der Waals surface area contributed by atoms with Crippen LogP contribution in [0.5, 0.6) is 0 Å². The molecule has 0 aliphatic heterocycles. The summed E-state index contributed by atoms with van der Waals surface area (Å²) >= 11 is 0. The fraction of sp³-hybridized carbons (Fsp3) is 0.200. The molecule has 3 heteroatoms. The largest absolute Gasteiger partial charge is 0.364 e. The number of benzene rings is 2. The van der Waals surface area contributed by atoms with Crippen LogP contribution in [0.3, 0.4) is 0 Å². The Balaban J connectivity index is 0.00000162. The fourth-order valence-corrected chi connectivity index (χ4v) is 3.41. The van der Waals surface area contributed by atoms with Gasteiger partial charge in [0.05, 0.1) is 16.6 Å². The van der Waals surface area contributed by atoms with Crippen molar-refractivity contribution in [3.63, 3.8) is 0 Å². The minimum Gasteiger partial charge on any atom is -0.364 e. The standard InChI is InChI=1S/C15H17OP.BH3/c1-12(2)14-10-6-7-11-15(14)17(16)13-8-4-3-5-9-13;/h3-12,16H,1-2H3;1H3. The smallest absolute Gasteiger partial charge is 0.0880 e. The summed E-state index contributed by atoms with van der Waals surface area (Å²) in [5.74, 6) is 0.437. The van der Waals surface area contributed by atoms with Crippen LogP contribution < -0.4 is 10.6 Å². The molecule has 0 aliphatic carbocycles. The van der Waals surface area contributed by atoms with Crippen molar-refractivity contribution < 1.29 is 4.89 Å². The maximum Gasteiger partial charge on any atom is 0.0880 e. The Kier molecular flexibility index (Phi) is 5.59. The molecule has 0 radical (unpaired) electrons. The first kappa shape index (κ1) is 15.0. The Labute approximate surface area is 112 Å². The Hall–Kier alpha value is -1.11. The van der Waals surface area contributed by atoms with Gasteiger partial charge in [-0.1, -0.05) is 68.4 Å². The molecule has 0 heterocycles. The highest BCUT2D eigenvalue weighted by Crippen LogP contribution is 2.31. The summed E-state index contributed by atoms with van der Waals surface area (Å²) in [6.45, 7) is 4.32. The Bertz CT molecular complexity index is 485. The van der Waals surface area contributed by atoms with Gasteiger partial charge < -0.3 is 4.89 Å². The first-order valence-corrected chi connectivity index (χ1v) is 7.12. The van der Waals surface area contributed by atoms with Crippen LogP contribution in [-0.4, -0.2) is 13.3 Å². The van der Waals surface area contributed by atoms with Gasteiger partial charge in [0.15, 0.2) is 0 Å². The van der Waals surface area contributed by atoms with E-state index in [1.165, 1.54) is 5.56 Å². The lowest BCUT2D eigenvalue weighted by Gasteiger charge is -2.17. The van der Waals surface area contributed by atoms with Crippen molar-refractivity contribution in [3.8, 4) is 0 Å². The van der Waals surface area contributed by atoms with Gasteiger partial charge in [-0.3, -0.25) is 0 Å². The van der Waals surface area contributed by atoms with E-state index in [2.05, 4.69) is 19.9 Å². The Morgan fingerprint density at radius 2 is 1.44 bits per heavy atom. The summed E-state index contributed by atoms with van der Waals surface area (Å²) in [5, 5.41) is 2.08. The average molecular weight is 258 g/mol. The van der Waals surface area contributed by atoms with E-state index < -0.39 is 8.15 Å². The van der Waals surface area contributed by atoms with E-state index in [0.29, 0.717) is 5.92 Å². The van der Waals surface area contributed by atoms with Gasteiger partial charge in [-0.15, -0.1) is 0 Å². The topological polar surface area (TPSA) is 20.2 Å². The molecule has 94 valence electrons. The van der Waals surface area contributed by atoms with Gasteiger partial charge in [0.2, 0.25) is 0 Å². The molecule has 0 aromatic heterocycles. The van der Waals surface area contributed by atoms with Gasteiger partial charge in [-0.05, 0) is 11.5 Å². The molecule has 18 heavy (non-hydrogen) atoms. The summed E-state index contributed by atoms with van der Waals surface area (Å²) in [7, 11) is -1.22. The Morgan fingerprint density at radius 1 is 0.889 bits per heavy atom. The molecule has 1 nitrogen and oxygen atoms in total. The van der Waals surface area contributed by atoms with Gasteiger partial charge in [-0.2, -0.15) is 0 Å². The van der Waals surface area contributed by atoms with Crippen LogP contribution in [0.15, 0.2) is 54.6 Å². The second-order valence-corrected chi connectivity index (χ2v) is 5.98. The van der Waals surface area contributed by atoms with Crippen molar-refractivity contribution in [2.45, 2.75) is 19.8 Å². The van der Waals surface area contributed by atoms with E-state index in [-0.39, 0.29) is 8.41 Å². The van der Waals surface area contributed by atoms with Crippen LogP contribution in [0, 0.1) is 0 Å². The molecular weight excluding hydrogens is 238 g/mol. The predicted molar refractivity (Wildman–Crippen MR) is 85.3 cm³/mol. The predicted octanol–water partition coefficient (Wildman–Crippen LogP) is 1.97. The minimum atomic E-state index is -1.22. The molecular formula is C15H20BOP. The van der Waals surface area contributed by atoms with Crippen LogP contribution in [0.2, 0.25) is 0 Å². The zero-order valence-electron chi connectivity index (χ0n) is 10.2. The van der Waals surface area contributed by atoms with E-state index >= 15 is 0 Å². The van der Waals surface area contributed by atoms with Crippen LogP contribution >= 0.6 is 8.15 Å². The first-order valence-electron chi connectivity index (χ1n) is 5.83. The maximum atomic E-state index is 10.5. The van der Waals surface area contributed by atoms with Crippen molar-refractivity contribution in [1.29, 1.82) is 0 Å². The summed E-state index contributed by atoms with van der Waals surface area (Å²) in [6.07, 6.45) is 0. The van der Waals surface area contributed by atoms with Crippen molar-refractivity contribution in [3.05, 3.63) is 60.2 Å². The zero-order chi connectivity index (χ0) is 12.3. The number of hydrogen-bond acceptors (Lipinski definition) is 1. The summed E-state index contributed by atoms with van der Waals surface area (Å²) in [5.41, 5.74) is 1.24. The molecule has 0 saturated carbocycles. The first-order chi connectivity index (χ1) is 8.20. The molecule has 0 fully saturated rings. The molecule has 0 saturated heterocycles. The van der Waals surface area contributed by atoms with E-state index in [4.69, 9.17) is 0 Å². The molecule has 0 amide bonds. The molecule has 1 unspecified atom stereocenters. The summed E-state index contributed by atoms with van der Waals surface area (Å²) in [4.78, 5) is 10.5. The minimum absolute atomic E-state index is 0. The molecule has 1 N–H and O–H groups in total. The lowest BCUT2D eigenvalue weighted by Crippen LogP contribution is -2.16. The van der Waals surface area contributed by atoms with E-state index in [9.17, 15) is 4.89 Å². The van der Waals surface area contributed by atoms with E-state index in [1.807, 2.05) is 48.5 Å². The number of rotatable bonds is 3. The van der Waals surface area contributed by atoms with Crippen LogP contribution in [0.1, 0.15) is 25.3 Å². The highest BCUT2D eigenvalue weighted by molar-refractivity contribution is 7.67. The molecule has 2 aromatic carbocycles. The third kappa shape index (κ3) is 3.22.